The normalized spacial score (nSPS) is 13.7. The molecule has 0 amide bonds. The van der Waals surface area contributed by atoms with Gasteiger partial charge in [0.25, 0.3) is 0 Å². The highest BCUT2D eigenvalue weighted by Crippen LogP contribution is 2.32. The molecule has 0 aliphatic carbocycles. The van der Waals surface area contributed by atoms with Gasteiger partial charge in [-0.1, -0.05) is 40.2 Å². The maximum absolute atomic E-state index is 10.6. The number of hydrogen-bond acceptors (Lipinski definition) is 3. The van der Waals surface area contributed by atoms with Crippen LogP contribution in [0.2, 0.25) is 0 Å². The molecule has 2 rings (SSSR count). The van der Waals surface area contributed by atoms with Gasteiger partial charge >= 0.3 is 0 Å². The molecule has 0 saturated heterocycles. The molecule has 4 heteroatoms. The summed E-state index contributed by atoms with van der Waals surface area (Å²) >= 11 is 3.45. The number of rotatable bonds is 6. The molecule has 2 atom stereocenters. The Balaban J connectivity index is 2.21. The third-order valence-corrected chi connectivity index (χ3v) is 3.94. The van der Waals surface area contributed by atoms with Crippen molar-refractivity contribution >= 4 is 15.9 Å². The van der Waals surface area contributed by atoms with Gasteiger partial charge < -0.3 is 15.6 Å². The zero-order valence-electron chi connectivity index (χ0n) is 12.0. The minimum Gasteiger partial charge on any atom is -0.494 e. The third-order valence-electron chi connectivity index (χ3n) is 3.44. The van der Waals surface area contributed by atoms with Crippen LogP contribution in [0, 0.1) is 0 Å². The van der Waals surface area contributed by atoms with Gasteiger partial charge in [0, 0.05) is 16.9 Å². The molecule has 21 heavy (non-hydrogen) atoms. The Bertz CT molecular complexity index is 571. The first-order valence-corrected chi connectivity index (χ1v) is 7.81. The highest BCUT2D eigenvalue weighted by molar-refractivity contribution is 9.10. The quantitative estimate of drug-likeness (QED) is 0.837. The largest absolute Gasteiger partial charge is 0.494 e. The van der Waals surface area contributed by atoms with E-state index in [1.165, 1.54) is 0 Å². The first kappa shape index (κ1) is 16.0. The molecular formula is C17H20BrNO2. The van der Waals surface area contributed by atoms with Gasteiger partial charge in [-0.15, -0.1) is 0 Å². The summed E-state index contributed by atoms with van der Waals surface area (Å²) in [4.78, 5) is 0. The van der Waals surface area contributed by atoms with Crippen molar-refractivity contribution in [3.8, 4) is 5.75 Å². The lowest BCUT2D eigenvalue weighted by Crippen LogP contribution is -2.20. The molecule has 0 bridgehead atoms. The molecule has 0 heterocycles. The Hall–Kier alpha value is -1.36. The smallest absolute Gasteiger partial charge is 0.119 e. The number of ether oxygens (including phenoxy) is 1. The Kier molecular flexibility index (Phi) is 5.79. The van der Waals surface area contributed by atoms with Crippen LogP contribution in [0.15, 0.2) is 53.0 Å². The number of nitrogens with two attached hydrogens (primary N) is 1. The summed E-state index contributed by atoms with van der Waals surface area (Å²) in [7, 11) is 0. The van der Waals surface area contributed by atoms with E-state index < -0.39 is 6.10 Å². The fourth-order valence-corrected chi connectivity index (χ4v) is 2.76. The van der Waals surface area contributed by atoms with E-state index in [2.05, 4.69) is 15.9 Å². The van der Waals surface area contributed by atoms with Gasteiger partial charge in [0.2, 0.25) is 0 Å². The number of aliphatic hydroxyl groups excluding tert-OH is 1. The van der Waals surface area contributed by atoms with Gasteiger partial charge in [-0.05, 0) is 42.3 Å². The molecule has 0 fully saturated rings. The zero-order chi connectivity index (χ0) is 15.2. The van der Waals surface area contributed by atoms with Gasteiger partial charge in [-0.2, -0.15) is 0 Å². The van der Waals surface area contributed by atoms with Crippen molar-refractivity contribution in [3.05, 3.63) is 64.1 Å². The van der Waals surface area contributed by atoms with E-state index in [0.717, 1.165) is 21.3 Å². The predicted molar refractivity (Wildman–Crippen MR) is 88.5 cm³/mol. The highest BCUT2D eigenvalue weighted by Gasteiger charge is 2.21. The zero-order valence-corrected chi connectivity index (χ0v) is 13.6. The summed E-state index contributed by atoms with van der Waals surface area (Å²) < 4.78 is 6.40. The van der Waals surface area contributed by atoms with Crippen LogP contribution in [0.3, 0.4) is 0 Å². The minimum atomic E-state index is -0.639. The summed E-state index contributed by atoms with van der Waals surface area (Å²) in [5, 5.41) is 10.6. The minimum absolute atomic E-state index is 0.138. The summed E-state index contributed by atoms with van der Waals surface area (Å²) in [6.07, 6.45) is -0.639. The van der Waals surface area contributed by atoms with Crippen LogP contribution in [0.5, 0.6) is 5.75 Å². The molecule has 3 nitrogen and oxygen atoms in total. The molecule has 0 spiro atoms. The molecule has 0 radical (unpaired) electrons. The van der Waals surface area contributed by atoms with Gasteiger partial charge in [-0.3, -0.25) is 0 Å². The summed E-state index contributed by atoms with van der Waals surface area (Å²) in [6, 6.07) is 15.4. The maximum atomic E-state index is 10.6. The number of hydrogen-bond donors (Lipinski definition) is 2. The molecular weight excluding hydrogens is 330 g/mol. The van der Waals surface area contributed by atoms with E-state index in [9.17, 15) is 5.11 Å². The number of aliphatic hydroxyl groups is 1. The average molecular weight is 350 g/mol. The van der Waals surface area contributed by atoms with Crippen LogP contribution in [-0.4, -0.2) is 18.3 Å². The van der Waals surface area contributed by atoms with Crippen molar-refractivity contribution in [1.29, 1.82) is 0 Å². The molecule has 0 aromatic heterocycles. The Morgan fingerprint density at radius 2 is 1.86 bits per heavy atom. The monoisotopic (exact) mass is 349 g/mol. The number of halogens is 1. The van der Waals surface area contributed by atoms with Crippen molar-refractivity contribution < 1.29 is 9.84 Å². The van der Waals surface area contributed by atoms with Crippen molar-refractivity contribution in [1.82, 2.24) is 0 Å². The molecule has 2 aromatic carbocycles. The highest BCUT2D eigenvalue weighted by atomic mass is 79.9. The van der Waals surface area contributed by atoms with E-state index in [1.54, 1.807) is 0 Å². The van der Waals surface area contributed by atoms with Crippen LogP contribution in [0.4, 0.5) is 0 Å². The van der Waals surface area contributed by atoms with Crippen LogP contribution in [-0.2, 0) is 0 Å². The average Bonchev–Trinajstić information content (AvgIpc) is 2.49. The van der Waals surface area contributed by atoms with Crippen LogP contribution < -0.4 is 10.5 Å². The SMILES string of the molecule is CCOc1ccc(C(O)C(CN)c2cccc(Br)c2)cc1. The first-order chi connectivity index (χ1) is 10.2. The van der Waals surface area contributed by atoms with Crippen LogP contribution in [0.1, 0.15) is 30.1 Å². The fraction of sp³-hybridized carbons (Fsp3) is 0.294. The van der Waals surface area contributed by atoms with E-state index >= 15 is 0 Å². The fourth-order valence-electron chi connectivity index (χ4n) is 2.34. The Labute approximate surface area is 133 Å². The van der Waals surface area contributed by atoms with E-state index in [4.69, 9.17) is 10.5 Å². The van der Waals surface area contributed by atoms with Crippen molar-refractivity contribution in [2.45, 2.75) is 18.9 Å². The van der Waals surface area contributed by atoms with E-state index in [0.29, 0.717) is 13.2 Å². The summed E-state index contributed by atoms with van der Waals surface area (Å²) in [5.41, 5.74) is 7.73. The summed E-state index contributed by atoms with van der Waals surface area (Å²) in [6.45, 7) is 2.96. The van der Waals surface area contributed by atoms with Gasteiger partial charge in [0.05, 0.1) is 12.7 Å². The molecule has 3 N–H and O–H groups in total. The second-order valence-corrected chi connectivity index (χ2v) is 5.76. The van der Waals surface area contributed by atoms with Gasteiger partial charge in [-0.25, -0.2) is 0 Å². The van der Waals surface area contributed by atoms with Crippen LogP contribution >= 0.6 is 15.9 Å². The van der Waals surface area contributed by atoms with Crippen LogP contribution in [0.25, 0.3) is 0 Å². The van der Waals surface area contributed by atoms with E-state index in [1.807, 2.05) is 55.5 Å². The van der Waals surface area contributed by atoms with Crippen molar-refractivity contribution in [2.24, 2.45) is 5.73 Å². The molecule has 0 saturated carbocycles. The Morgan fingerprint density at radius 3 is 2.43 bits per heavy atom. The molecule has 0 aliphatic heterocycles. The second kappa shape index (κ2) is 7.59. The molecule has 2 unspecified atom stereocenters. The standard InChI is InChI=1S/C17H20BrNO2/c1-2-21-15-8-6-12(7-9-15)17(20)16(11-19)13-4-3-5-14(18)10-13/h3-10,16-17,20H,2,11,19H2,1H3. The third kappa shape index (κ3) is 4.06. The number of benzene rings is 2. The lowest BCUT2D eigenvalue weighted by Gasteiger charge is -2.22. The molecule has 112 valence electrons. The summed E-state index contributed by atoms with van der Waals surface area (Å²) in [5.74, 6) is 0.667. The topological polar surface area (TPSA) is 55.5 Å². The lowest BCUT2D eigenvalue weighted by molar-refractivity contribution is 0.147. The van der Waals surface area contributed by atoms with Crippen molar-refractivity contribution in [2.75, 3.05) is 13.2 Å². The van der Waals surface area contributed by atoms with Gasteiger partial charge in [0.15, 0.2) is 0 Å². The maximum Gasteiger partial charge on any atom is 0.119 e. The second-order valence-electron chi connectivity index (χ2n) is 4.84. The molecule has 2 aromatic rings. The van der Waals surface area contributed by atoms with E-state index in [-0.39, 0.29) is 5.92 Å². The molecule has 0 aliphatic rings. The van der Waals surface area contributed by atoms with Gasteiger partial charge in [0.1, 0.15) is 5.75 Å². The predicted octanol–water partition coefficient (Wildman–Crippen LogP) is 3.62. The Morgan fingerprint density at radius 1 is 1.14 bits per heavy atom. The van der Waals surface area contributed by atoms with Crippen molar-refractivity contribution in [3.63, 3.8) is 0 Å². The lowest BCUT2D eigenvalue weighted by atomic mass is 9.89. The first-order valence-electron chi connectivity index (χ1n) is 7.02.